The molecule has 0 amide bonds. The Morgan fingerprint density at radius 3 is 2.14 bits per heavy atom. The molecule has 144 valence electrons. The summed E-state index contributed by atoms with van der Waals surface area (Å²) in [6.45, 7) is 2.81. The summed E-state index contributed by atoms with van der Waals surface area (Å²) in [5.74, 6) is -0.0342. The normalized spacial score (nSPS) is 14.4. The summed E-state index contributed by atoms with van der Waals surface area (Å²) in [5, 5.41) is 0. The van der Waals surface area contributed by atoms with Gasteiger partial charge in [-0.15, -0.1) is 0 Å². The highest BCUT2D eigenvalue weighted by Gasteiger charge is 2.22. The Balaban J connectivity index is 1.58. The summed E-state index contributed by atoms with van der Waals surface area (Å²) in [6.07, 6.45) is 0. The van der Waals surface area contributed by atoms with Gasteiger partial charge in [-0.25, -0.2) is 18.7 Å². The van der Waals surface area contributed by atoms with Crippen LogP contribution in [0.15, 0.2) is 54.6 Å². The number of rotatable bonds is 4. The van der Waals surface area contributed by atoms with Crippen LogP contribution in [-0.2, 0) is 6.54 Å². The maximum atomic E-state index is 14.2. The number of hydrogen-bond acceptors (Lipinski definition) is 5. The SMILES string of the molecule is NCc1cc(-c2ccccc2F)nc(N2CCN(c3ccccc3F)CC2)n1. The van der Waals surface area contributed by atoms with Crippen LogP contribution in [0.25, 0.3) is 11.3 Å². The fourth-order valence-electron chi connectivity index (χ4n) is 3.39. The molecule has 1 aromatic heterocycles. The monoisotopic (exact) mass is 381 g/mol. The van der Waals surface area contributed by atoms with Gasteiger partial charge < -0.3 is 15.5 Å². The van der Waals surface area contributed by atoms with Gasteiger partial charge in [0, 0.05) is 38.3 Å². The van der Waals surface area contributed by atoms with Crippen LogP contribution in [-0.4, -0.2) is 36.1 Å². The van der Waals surface area contributed by atoms with Crippen LogP contribution in [0.5, 0.6) is 0 Å². The average Bonchev–Trinajstić information content (AvgIpc) is 2.74. The molecule has 2 N–H and O–H groups in total. The van der Waals surface area contributed by atoms with Gasteiger partial charge in [0.15, 0.2) is 0 Å². The lowest BCUT2D eigenvalue weighted by Crippen LogP contribution is -2.47. The Hall–Kier alpha value is -3.06. The van der Waals surface area contributed by atoms with Crippen molar-refractivity contribution in [1.82, 2.24) is 9.97 Å². The molecule has 2 aromatic carbocycles. The Labute approximate surface area is 162 Å². The van der Waals surface area contributed by atoms with E-state index in [0.717, 1.165) is 0 Å². The summed E-state index contributed by atoms with van der Waals surface area (Å²) in [5.41, 5.74) is 7.99. The second-order valence-electron chi connectivity index (χ2n) is 6.65. The molecule has 0 bridgehead atoms. The quantitative estimate of drug-likeness (QED) is 0.752. The predicted octanol–water partition coefficient (Wildman–Crippen LogP) is 3.21. The van der Waals surface area contributed by atoms with Crippen molar-refractivity contribution in [3.05, 3.63) is 71.9 Å². The number of nitrogens with two attached hydrogens (primary N) is 1. The van der Waals surface area contributed by atoms with Crippen molar-refractivity contribution < 1.29 is 8.78 Å². The fraction of sp³-hybridized carbons (Fsp3) is 0.238. The van der Waals surface area contributed by atoms with E-state index < -0.39 is 0 Å². The van der Waals surface area contributed by atoms with Gasteiger partial charge in [0.05, 0.1) is 17.1 Å². The molecule has 28 heavy (non-hydrogen) atoms. The number of aromatic nitrogens is 2. The topological polar surface area (TPSA) is 58.3 Å². The number of halogens is 2. The number of nitrogens with zero attached hydrogens (tertiary/aromatic N) is 4. The van der Waals surface area contributed by atoms with Crippen molar-refractivity contribution in [3.8, 4) is 11.3 Å². The molecule has 5 nitrogen and oxygen atoms in total. The number of piperazine rings is 1. The highest BCUT2D eigenvalue weighted by atomic mass is 19.1. The van der Waals surface area contributed by atoms with E-state index in [4.69, 9.17) is 5.73 Å². The van der Waals surface area contributed by atoms with Gasteiger partial charge in [0.2, 0.25) is 5.95 Å². The second-order valence-corrected chi connectivity index (χ2v) is 6.65. The van der Waals surface area contributed by atoms with Crippen molar-refractivity contribution >= 4 is 11.6 Å². The molecule has 1 saturated heterocycles. The van der Waals surface area contributed by atoms with Crippen molar-refractivity contribution in [2.75, 3.05) is 36.0 Å². The smallest absolute Gasteiger partial charge is 0.226 e. The molecule has 0 unspecified atom stereocenters. The molecule has 1 aliphatic rings. The highest BCUT2D eigenvalue weighted by Crippen LogP contribution is 2.25. The third kappa shape index (κ3) is 3.66. The average molecular weight is 381 g/mol. The molecule has 7 heteroatoms. The van der Waals surface area contributed by atoms with Gasteiger partial charge in [-0.2, -0.15) is 0 Å². The van der Waals surface area contributed by atoms with E-state index in [1.165, 1.54) is 12.1 Å². The van der Waals surface area contributed by atoms with E-state index in [0.29, 0.717) is 54.8 Å². The standard InChI is InChI=1S/C21H21F2N5/c22-17-6-2-1-5-16(17)19-13-15(14-24)25-21(26-19)28-11-9-27(10-12-28)20-8-4-3-7-18(20)23/h1-8,13H,9-12,14,24H2. The number of hydrogen-bond donors (Lipinski definition) is 1. The minimum Gasteiger partial charge on any atom is -0.366 e. The molecule has 4 rings (SSSR count). The van der Waals surface area contributed by atoms with Gasteiger partial charge in [-0.1, -0.05) is 24.3 Å². The molecular weight excluding hydrogens is 360 g/mol. The molecule has 1 fully saturated rings. The van der Waals surface area contributed by atoms with E-state index in [2.05, 4.69) is 9.97 Å². The first-order valence-electron chi connectivity index (χ1n) is 9.23. The molecule has 1 aliphatic heterocycles. The summed E-state index contributed by atoms with van der Waals surface area (Å²) < 4.78 is 28.3. The van der Waals surface area contributed by atoms with Crippen molar-refractivity contribution in [1.29, 1.82) is 0 Å². The van der Waals surface area contributed by atoms with Crippen LogP contribution >= 0.6 is 0 Å². The van der Waals surface area contributed by atoms with Gasteiger partial charge >= 0.3 is 0 Å². The molecule has 2 heterocycles. The Morgan fingerprint density at radius 1 is 0.821 bits per heavy atom. The molecule has 3 aromatic rings. The van der Waals surface area contributed by atoms with E-state index in [-0.39, 0.29) is 18.2 Å². The van der Waals surface area contributed by atoms with Crippen molar-refractivity contribution in [2.24, 2.45) is 5.73 Å². The summed E-state index contributed by atoms with van der Waals surface area (Å²) in [6, 6.07) is 15.0. The third-order valence-electron chi connectivity index (χ3n) is 4.88. The van der Waals surface area contributed by atoms with Crippen LogP contribution in [0.1, 0.15) is 5.69 Å². The maximum Gasteiger partial charge on any atom is 0.226 e. The second kappa shape index (κ2) is 7.90. The summed E-state index contributed by atoms with van der Waals surface area (Å²) >= 11 is 0. The highest BCUT2D eigenvalue weighted by molar-refractivity contribution is 5.62. The zero-order valence-electron chi connectivity index (χ0n) is 15.4. The largest absolute Gasteiger partial charge is 0.366 e. The molecule has 0 radical (unpaired) electrons. The predicted molar refractivity (Wildman–Crippen MR) is 106 cm³/mol. The van der Waals surface area contributed by atoms with Crippen molar-refractivity contribution in [2.45, 2.75) is 6.54 Å². The molecule has 0 aliphatic carbocycles. The van der Waals surface area contributed by atoms with E-state index in [1.54, 1.807) is 36.4 Å². The van der Waals surface area contributed by atoms with Gasteiger partial charge in [-0.05, 0) is 30.3 Å². The zero-order chi connectivity index (χ0) is 19.5. The van der Waals surface area contributed by atoms with Crippen LogP contribution in [0.2, 0.25) is 0 Å². The van der Waals surface area contributed by atoms with E-state index in [9.17, 15) is 8.78 Å². The lowest BCUT2D eigenvalue weighted by atomic mass is 10.1. The molecular formula is C21H21F2N5. The number of para-hydroxylation sites is 1. The molecule has 0 saturated carbocycles. The van der Waals surface area contributed by atoms with Crippen LogP contribution in [0.3, 0.4) is 0 Å². The lowest BCUT2D eigenvalue weighted by Gasteiger charge is -2.36. The van der Waals surface area contributed by atoms with Crippen molar-refractivity contribution in [3.63, 3.8) is 0 Å². The Kier molecular flexibility index (Phi) is 5.16. The van der Waals surface area contributed by atoms with Crippen LogP contribution in [0.4, 0.5) is 20.4 Å². The first-order chi connectivity index (χ1) is 13.7. The van der Waals surface area contributed by atoms with Gasteiger partial charge in [0.25, 0.3) is 0 Å². The minimum absolute atomic E-state index is 0.223. The lowest BCUT2D eigenvalue weighted by molar-refractivity contribution is 0.593. The number of benzene rings is 2. The van der Waals surface area contributed by atoms with Gasteiger partial charge in [-0.3, -0.25) is 0 Å². The van der Waals surface area contributed by atoms with E-state index >= 15 is 0 Å². The summed E-state index contributed by atoms with van der Waals surface area (Å²) in [7, 11) is 0. The van der Waals surface area contributed by atoms with E-state index in [1.807, 2.05) is 15.9 Å². The maximum absolute atomic E-state index is 14.2. The molecule has 0 atom stereocenters. The zero-order valence-corrected chi connectivity index (χ0v) is 15.4. The number of anilines is 2. The first kappa shape index (κ1) is 18.3. The Bertz CT molecular complexity index is 971. The fourth-order valence-corrected chi connectivity index (χ4v) is 3.39. The van der Waals surface area contributed by atoms with Gasteiger partial charge in [0.1, 0.15) is 11.6 Å². The van der Waals surface area contributed by atoms with Crippen LogP contribution in [0, 0.1) is 11.6 Å². The summed E-state index contributed by atoms with van der Waals surface area (Å²) in [4.78, 5) is 13.1. The Morgan fingerprint density at radius 2 is 1.46 bits per heavy atom. The van der Waals surface area contributed by atoms with Crippen LogP contribution < -0.4 is 15.5 Å². The first-order valence-corrected chi connectivity index (χ1v) is 9.23. The minimum atomic E-state index is -0.334. The third-order valence-corrected chi connectivity index (χ3v) is 4.88. The molecule has 0 spiro atoms.